The van der Waals surface area contributed by atoms with E-state index in [2.05, 4.69) is 5.32 Å². The predicted molar refractivity (Wildman–Crippen MR) is 55.3 cm³/mol. The van der Waals surface area contributed by atoms with Gasteiger partial charge in [0.05, 0.1) is 17.3 Å². The molecule has 0 radical (unpaired) electrons. The van der Waals surface area contributed by atoms with Crippen molar-refractivity contribution in [1.29, 1.82) is 0 Å². The maximum atomic E-state index is 12.6. The highest BCUT2D eigenvalue weighted by Gasteiger charge is 2.40. The van der Waals surface area contributed by atoms with Gasteiger partial charge in [0.1, 0.15) is 0 Å². The molecule has 2 nitrogen and oxygen atoms in total. The maximum absolute atomic E-state index is 12.6. The molecule has 0 aliphatic carbocycles. The highest BCUT2D eigenvalue weighted by atomic mass is 35.5. The summed E-state index contributed by atoms with van der Waals surface area (Å²) in [6, 6.07) is 4.11. The van der Waals surface area contributed by atoms with E-state index in [9.17, 15) is 17.6 Å². The first kappa shape index (κ1) is 12.9. The maximum Gasteiger partial charge on any atom is 0.324 e. The van der Waals surface area contributed by atoms with Gasteiger partial charge in [0.2, 0.25) is 0 Å². The number of alkyl halides is 4. The highest BCUT2D eigenvalue weighted by Crippen LogP contribution is 2.27. The zero-order chi connectivity index (χ0) is 12.3. The summed E-state index contributed by atoms with van der Waals surface area (Å²) in [6.07, 6.45) is -3.72. The summed E-state index contributed by atoms with van der Waals surface area (Å²) < 4.78 is 48.8. The first-order valence-corrected chi connectivity index (χ1v) is 4.65. The number of halogens is 5. The molecule has 16 heavy (non-hydrogen) atoms. The average Bonchev–Trinajstić information content (AvgIpc) is 2.16. The molecule has 0 heterocycles. The highest BCUT2D eigenvalue weighted by molar-refractivity contribution is 6.33. The van der Waals surface area contributed by atoms with Crippen LogP contribution in [0.4, 0.5) is 28.9 Å². The van der Waals surface area contributed by atoms with E-state index in [0.717, 1.165) is 0 Å². The molecule has 1 aromatic rings. The first-order valence-electron chi connectivity index (χ1n) is 4.28. The van der Waals surface area contributed by atoms with Crippen LogP contribution < -0.4 is 11.1 Å². The molecular formula is C9H9ClF4N2. The number of nitrogens with two attached hydrogens (primary N) is 1. The van der Waals surface area contributed by atoms with E-state index in [4.69, 9.17) is 17.3 Å². The number of hydrogen-bond donors (Lipinski definition) is 2. The number of benzene rings is 1. The molecule has 0 aliphatic heterocycles. The number of nitrogen functional groups attached to an aromatic ring is 1. The van der Waals surface area contributed by atoms with Crippen LogP contribution in [0.3, 0.4) is 0 Å². The van der Waals surface area contributed by atoms with Crippen molar-refractivity contribution in [3.8, 4) is 0 Å². The molecule has 1 rings (SSSR count). The minimum atomic E-state index is -4.09. The molecule has 0 fully saturated rings. The molecule has 0 aliphatic rings. The Kier molecular flexibility index (Phi) is 3.85. The molecule has 0 atom stereocenters. The summed E-state index contributed by atoms with van der Waals surface area (Å²) >= 11 is 5.66. The normalized spacial score (nSPS) is 11.9. The zero-order valence-corrected chi connectivity index (χ0v) is 8.74. The SMILES string of the molecule is Nc1ccc(NCC(F)(F)C(F)F)c(Cl)c1. The Morgan fingerprint density at radius 1 is 1.38 bits per heavy atom. The fourth-order valence-electron chi connectivity index (χ4n) is 0.965. The molecular weight excluding hydrogens is 248 g/mol. The van der Waals surface area contributed by atoms with E-state index < -0.39 is 18.9 Å². The summed E-state index contributed by atoms with van der Waals surface area (Å²) in [6.45, 7) is -1.19. The molecule has 0 saturated heterocycles. The molecule has 7 heteroatoms. The lowest BCUT2D eigenvalue weighted by molar-refractivity contribution is -0.117. The largest absolute Gasteiger partial charge is 0.399 e. The van der Waals surface area contributed by atoms with Gasteiger partial charge in [0.25, 0.3) is 0 Å². The van der Waals surface area contributed by atoms with Crippen LogP contribution in [-0.2, 0) is 0 Å². The van der Waals surface area contributed by atoms with Gasteiger partial charge in [-0.25, -0.2) is 8.78 Å². The summed E-state index contributed by atoms with van der Waals surface area (Å²) in [5, 5.41) is 2.25. The standard InChI is InChI=1S/C9H9ClF4N2/c10-6-3-5(15)1-2-7(6)16-4-9(13,14)8(11)12/h1-3,8,16H,4,15H2. The van der Waals surface area contributed by atoms with E-state index in [1.165, 1.54) is 18.2 Å². The van der Waals surface area contributed by atoms with Gasteiger partial charge in [-0.1, -0.05) is 11.6 Å². The number of hydrogen-bond acceptors (Lipinski definition) is 2. The van der Waals surface area contributed by atoms with Gasteiger partial charge < -0.3 is 11.1 Å². The molecule has 0 aromatic heterocycles. The second-order valence-corrected chi connectivity index (χ2v) is 3.56. The quantitative estimate of drug-likeness (QED) is 0.641. The topological polar surface area (TPSA) is 38.0 Å². The Hall–Kier alpha value is -1.17. The van der Waals surface area contributed by atoms with E-state index in [-0.39, 0.29) is 10.7 Å². The van der Waals surface area contributed by atoms with Crippen molar-refractivity contribution in [2.45, 2.75) is 12.3 Å². The second kappa shape index (κ2) is 4.78. The van der Waals surface area contributed by atoms with Crippen LogP contribution in [0.5, 0.6) is 0 Å². The fourth-order valence-corrected chi connectivity index (χ4v) is 1.22. The van der Waals surface area contributed by atoms with Crippen molar-refractivity contribution in [3.05, 3.63) is 23.2 Å². The summed E-state index contributed by atoms with van der Waals surface area (Å²) in [4.78, 5) is 0. The molecule has 0 bridgehead atoms. The molecule has 90 valence electrons. The van der Waals surface area contributed by atoms with Crippen molar-refractivity contribution in [1.82, 2.24) is 0 Å². The van der Waals surface area contributed by atoms with Crippen LogP contribution in [0.1, 0.15) is 0 Å². The summed E-state index contributed by atoms with van der Waals surface area (Å²) in [5.41, 5.74) is 5.87. The molecule has 0 unspecified atom stereocenters. The Balaban J connectivity index is 2.68. The summed E-state index contributed by atoms with van der Waals surface area (Å²) in [7, 11) is 0. The van der Waals surface area contributed by atoms with Crippen LogP contribution >= 0.6 is 11.6 Å². The molecule has 0 saturated carbocycles. The third-order valence-electron chi connectivity index (χ3n) is 1.83. The third kappa shape index (κ3) is 3.16. The van der Waals surface area contributed by atoms with Gasteiger partial charge >= 0.3 is 12.3 Å². The van der Waals surface area contributed by atoms with Crippen LogP contribution in [0.15, 0.2) is 18.2 Å². The monoisotopic (exact) mass is 256 g/mol. The van der Waals surface area contributed by atoms with Gasteiger partial charge in [-0.3, -0.25) is 0 Å². The average molecular weight is 257 g/mol. The van der Waals surface area contributed by atoms with Crippen LogP contribution in [0, 0.1) is 0 Å². The summed E-state index contributed by atoms with van der Waals surface area (Å²) in [5.74, 6) is -4.09. The lowest BCUT2D eigenvalue weighted by Crippen LogP contribution is -2.34. The van der Waals surface area contributed by atoms with Crippen molar-refractivity contribution in [3.63, 3.8) is 0 Å². The van der Waals surface area contributed by atoms with E-state index in [0.29, 0.717) is 5.69 Å². The zero-order valence-electron chi connectivity index (χ0n) is 7.98. The predicted octanol–water partition coefficient (Wildman–Crippen LogP) is 3.23. The third-order valence-corrected chi connectivity index (χ3v) is 2.14. The Morgan fingerprint density at radius 3 is 2.50 bits per heavy atom. The number of nitrogens with one attached hydrogen (secondary N) is 1. The number of rotatable bonds is 4. The van der Waals surface area contributed by atoms with Gasteiger partial charge in [0, 0.05) is 5.69 Å². The lowest BCUT2D eigenvalue weighted by atomic mass is 10.2. The van der Waals surface area contributed by atoms with Crippen molar-refractivity contribution in [2.24, 2.45) is 0 Å². The Labute approximate surface area is 94.4 Å². The van der Waals surface area contributed by atoms with Crippen molar-refractivity contribution in [2.75, 3.05) is 17.6 Å². The smallest absolute Gasteiger partial charge is 0.324 e. The molecule has 1 aromatic carbocycles. The Bertz CT molecular complexity index is 371. The van der Waals surface area contributed by atoms with E-state index in [1.807, 2.05) is 0 Å². The van der Waals surface area contributed by atoms with Crippen LogP contribution in [-0.4, -0.2) is 18.9 Å². The van der Waals surface area contributed by atoms with Crippen molar-refractivity contribution < 1.29 is 17.6 Å². The lowest BCUT2D eigenvalue weighted by Gasteiger charge is -2.17. The van der Waals surface area contributed by atoms with Crippen molar-refractivity contribution >= 4 is 23.0 Å². The van der Waals surface area contributed by atoms with Gasteiger partial charge in [0.15, 0.2) is 0 Å². The minimum Gasteiger partial charge on any atom is -0.399 e. The molecule has 3 N–H and O–H groups in total. The van der Waals surface area contributed by atoms with Gasteiger partial charge in [-0.2, -0.15) is 8.78 Å². The minimum absolute atomic E-state index is 0.102. The van der Waals surface area contributed by atoms with Gasteiger partial charge in [-0.15, -0.1) is 0 Å². The van der Waals surface area contributed by atoms with E-state index in [1.54, 1.807) is 0 Å². The van der Waals surface area contributed by atoms with Gasteiger partial charge in [-0.05, 0) is 18.2 Å². The second-order valence-electron chi connectivity index (χ2n) is 3.15. The van der Waals surface area contributed by atoms with Crippen LogP contribution in [0.25, 0.3) is 0 Å². The van der Waals surface area contributed by atoms with E-state index >= 15 is 0 Å². The fraction of sp³-hybridized carbons (Fsp3) is 0.333. The molecule has 0 spiro atoms. The molecule has 0 amide bonds. The van der Waals surface area contributed by atoms with Crippen LogP contribution in [0.2, 0.25) is 5.02 Å². The Morgan fingerprint density at radius 2 is 2.00 bits per heavy atom. The first-order chi connectivity index (χ1) is 7.33. The number of anilines is 2.